The molecule has 1 aromatic carbocycles. The minimum Gasteiger partial charge on any atom is -0.410 e. The molecule has 154 valence electrons. The Morgan fingerprint density at radius 2 is 1.79 bits per heavy atom. The van der Waals surface area contributed by atoms with Crippen molar-refractivity contribution in [3.63, 3.8) is 0 Å². The maximum absolute atomic E-state index is 12.8. The lowest BCUT2D eigenvalue weighted by molar-refractivity contribution is -0.384. The van der Waals surface area contributed by atoms with Crippen molar-refractivity contribution in [1.82, 2.24) is 10.2 Å². The molecule has 1 N–H and O–H groups in total. The molecule has 8 nitrogen and oxygen atoms in total. The highest BCUT2D eigenvalue weighted by Crippen LogP contribution is 2.25. The maximum Gasteiger partial charge on any atom is 0.415 e. The molecule has 1 heterocycles. The number of ketones is 1. The number of carbonyl (C=O) groups is 2. The SMILES string of the molecule is Cl.O=C(CN(C(=O)Oc1ccc([N+](=O)[O-])cc1)C1CCCCC1)[C@@H]1CCCN1. The summed E-state index contributed by atoms with van der Waals surface area (Å²) in [6.45, 7) is 0.862. The summed E-state index contributed by atoms with van der Waals surface area (Å²) in [6, 6.07) is 5.19. The smallest absolute Gasteiger partial charge is 0.410 e. The molecule has 0 radical (unpaired) electrons. The molecule has 1 saturated carbocycles. The maximum atomic E-state index is 12.8. The topological polar surface area (TPSA) is 102 Å². The van der Waals surface area contributed by atoms with Gasteiger partial charge in [-0.25, -0.2) is 4.79 Å². The molecule has 0 unspecified atom stereocenters. The van der Waals surface area contributed by atoms with Crippen molar-refractivity contribution < 1.29 is 19.2 Å². The van der Waals surface area contributed by atoms with Crippen LogP contribution >= 0.6 is 12.4 Å². The van der Waals surface area contributed by atoms with E-state index in [1.54, 1.807) is 4.90 Å². The molecule has 2 fully saturated rings. The molecule has 0 bridgehead atoms. The van der Waals surface area contributed by atoms with Crippen molar-refractivity contribution in [1.29, 1.82) is 0 Å². The zero-order chi connectivity index (χ0) is 19.2. The Bertz CT molecular complexity index is 685. The van der Waals surface area contributed by atoms with Gasteiger partial charge < -0.3 is 10.1 Å². The van der Waals surface area contributed by atoms with Crippen LogP contribution in [0.3, 0.4) is 0 Å². The zero-order valence-electron chi connectivity index (χ0n) is 15.7. The average molecular weight is 412 g/mol. The second-order valence-electron chi connectivity index (χ2n) is 7.15. The van der Waals surface area contributed by atoms with Gasteiger partial charge in [0.15, 0.2) is 5.78 Å². The number of nitro benzene ring substituents is 1. The molecule has 28 heavy (non-hydrogen) atoms. The molecular weight excluding hydrogens is 386 g/mol. The summed E-state index contributed by atoms with van der Waals surface area (Å²) in [5.74, 6) is 0.247. The number of ether oxygens (including phenoxy) is 1. The van der Waals surface area contributed by atoms with E-state index in [1.165, 1.54) is 24.3 Å². The van der Waals surface area contributed by atoms with Gasteiger partial charge in [0.05, 0.1) is 17.5 Å². The fourth-order valence-electron chi connectivity index (χ4n) is 3.77. The molecule has 1 aromatic rings. The van der Waals surface area contributed by atoms with E-state index in [-0.39, 0.29) is 48.3 Å². The molecule has 1 aliphatic heterocycles. The van der Waals surface area contributed by atoms with Crippen molar-refractivity contribution in [3.8, 4) is 5.75 Å². The highest BCUT2D eigenvalue weighted by molar-refractivity contribution is 5.89. The standard InChI is InChI=1S/C19H25N3O5.ClH/c23-18(17-7-4-12-20-17)13-21(14-5-2-1-3-6-14)19(24)27-16-10-8-15(9-11-16)22(25)26;/h8-11,14,17,20H,1-7,12-13H2;1H/t17-;/m0./s1. The summed E-state index contributed by atoms with van der Waals surface area (Å²) in [5, 5.41) is 13.9. The Labute approximate surface area is 170 Å². The van der Waals surface area contributed by atoms with Gasteiger partial charge in [-0.1, -0.05) is 19.3 Å². The molecular formula is C19H26ClN3O5. The molecule has 1 aliphatic carbocycles. The van der Waals surface area contributed by atoms with Crippen molar-refractivity contribution >= 4 is 30.0 Å². The summed E-state index contributed by atoms with van der Waals surface area (Å²) in [5.41, 5.74) is -0.0681. The van der Waals surface area contributed by atoms with E-state index in [0.29, 0.717) is 0 Å². The van der Waals surface area contributed by atoms with Crippen molar-refractivity contribution in [2.75, 3.05) is 13.1 Å². The first-order chi connectivity index (χ1) is 13.0. The van der Waals surface area contributed by atoms with E-state index in [4.69, 9.17) is 4.74 Å². The van der Waals surface area contributed by atoms with Gasteiger partial charge in [-0.05, 0) is 44.4 Å². The first kappa shape index (κ1) is 22.1. The van der Waals surface area contributed by atoms with Gasteiger partial charge in [0, 0.05) is 18.2 Å². The third kappa shape index (κ3) is 5.65. The third-order valence-electron chi connectivity index (χ3n) is 5.28. The predicted molar refractivity (Wildman–Crippen MR) is 106 cm³/mol. The van der Waals surface area contributed by atoms with Crippen LogP contribution in [0.5, 0.6) is 5.75 Å². The van der Waals surface area contributed by atoms with Crippen LogP contribution in [0, 0.1) is 10.1 Å². The largest absolute Gasteiger partial charge is 0.415 e. The predicted octanol–water partition coefficient (Wildman–Crippen LogP) is 3.47. The van der Waals surface area contributed by atoms with Gasteiger partial charge in [0.25, 0.3) is 5.69 Å². The first-order valence-electron chi connectivity index (χ1n) is 9.53. The second-order valence-corrected chi connectivity index (χ2v) is 7.15. The number of nitrogens with one attached hydrogen (secondary N) is 1. The summed E-state index contributed by atoms with van der Waals surface area (Å²) in [7, 11) is 0. The van der Waals surface area contributed by atoms with Crippen LogP contribution < -0.4 is 10.1 Å². The van der Waals surface area contributed by atoms with E-state index in [1.807, 2.05) is 0 Å². The van der Waals surface area contributed by atoms with Crippen LogP contribution in [0.1, 0.15) is 44.9 Å². The second kappa shape index (κ2) is 10.4. The summed E-state index contributed by atoms with van der Waals surface area (Å²) >= 11 is 0. The minimum atomic E-state index is -0.567. The molecule has 1 atom stereocenters. The number of non-ortho nitro benzene ring substituents is 1. The highest BCUT2D eigenvalue weighted by atomic mass is 35.5. The first-order valence-corrected chi connectivity index (χ1v) is 9.53. The number of halogens is 1. The molecule has 9 heteroatoms. The summed E-state index contributed by atoms with van der Waals surface area (Å²) in [4.78, 5) is 37.1. The van der Waals surface area contributed by atoms with Crippen LogP contribution in [0.15, 0.2) is 24.3 Å². The lowest BCUT2D eigenvalue weighted by Crippen LogP contribution is -2.48. The lowest BCUT2D eigenvalue weighted by atomic mass is 9.94. The molecule has 2 aliphatic rings. The van der Waals surface area contributed by atoms with E-state index < -0.39 is 11.0 Å². The van der Waals surface area contributed by atoms with Gasteiger partial charge in [-0.15, -0.1) is 12.4 Å². The lowest BCUT2D eigenvalue weighted by Gasteiger charge is -2.33. The minimum absolute atomic E-state index is 0. The Hall–Kier alpha value is -2.19. The number of hydrogen-bond donors (Lipinski definition) is 1. The number of Topliss-reactive ketones (excluding diaryl/α,β-unsaturated/α-hetero) is 1. The van der Waals surface area contributed by atoms with E-state index in [2.05, 4.69) is 5.32 Å². The van der Waals surface area contributed by atoms with Crippen LogP contribution in [-0.4, -0.2) is 46.9 Å². The number of amides is 1. The number of rotatable bonds is 6. The molecule has 1 saturated heterocycles. The Morgan fingerprint density at radius 1 is 1.11 bits per heavy atom. The quantitative estimate of drug-likeness (QED) is 0.568. The molecule has 0 aromatic heterocycles. The summed E-state index contributed by atoms with van der Waals surface area (Å²) in [6.07, 6.45) is 6.12. The summed E-state index contributed by atoms with van der Waals surface area (Å²) < 4.78 is 5.42. The highest BCUT2D eigenvalue weighted by Gasteiger charge is 2.32. The number of carbonyl (C=O) groups excluding carboxylic acids is 2. The fourth-order valence-corrected chi connectivity index (χ4v) is 3.77. The van der Waals surface area contributed by atoms with Crippen molar-refractivity contribution in [3.05, 3.63) is 34.4 Å². The van der Waals surface area contributed by atoms with Gasteiger partial charge in [-0.3, -0.25) is 19.8 Å². The normalized spacial score (nSPS) is 19.5. The van der Waals surface area contributed by atoms with Crippen LogP contribution in [0.4, 0.5) is 10.5 Å². The Balaban J connectivity index is 0.00000280. The van der Waals surface area contributed by atoms with Crippen molar-refractivity contribution in [2.24, 2.45) is 0 Å². The average Bonchev–Trinajstić information content (AvgIpc) is 3.22. The van der Waals surface area contributed by atoms with Gasteiger partial charge in [0.2, 0.25) is 0 Å². The van der Waals surface area contributed by atoms with E-state index >= 15 is 0 Å². The zero-order valence-corrected chi connectivity index (χ0v) is 16.5. The Morgan fingerprint density at radius 3 is 2.36 bits per heavy atom. The number of hydrogen-bond acceptors (Lipinski definition) is 6. The van der Waals surface area contributed by atoms with Crippen LogP contribution in [-0.2, 0) is 4.79 Å². The third-order valence-corrected chi connectivity index (χ3v) is 5.28. The van der Waals surface area contributed by atoms with Gasteiger partial charge in [-0.2, -0.15) is 0 Å². The number of benzene rings is 1. The van der Waals surface area contributed by atoms with Gasteiger partial charge >= 0.3 is 6.09 Å². The van der Waals surface area contributed by atoms with E-state index in [9.17, 15) is 19.7 Å². The molecule has 0 spiro atoms. The van der Waals surface area contributed by atoms with Crippen LogP contribution in [0.2, 0.25) is 0 Å². The number of nitrogens with zero attached hydrogens (tertiary/aromatic N) is 2. The molecule has 3 rings (SSSR count). The monoisotopic (exact) mass is 411 g/mol. The Kier molecular flexibility index (Phi) is 8.19. The van der Waals surface area contributed by atoms with Crippen molar-refractivity contribution in [2.45, 2.75) is 57.0 Å². The molecule has 1 amide bonds. The fraction of sp³-hybridized carbons (Fsp3) is 0.579. The number of nitro groups is 1. The van der Waals surface area contributed by atoms with Crippen LogP contribution in [0.25, 0.3) is 0 Å². The van der Waals surface area contributed by atoms with E-state index in [0.717, 1.165) is 51.5 Å². The van der Waals surface area contributed by atoms with Gasteiger partial charge in [0.1, 0.15) is 5.75 Å².